The maximum Gasteiger partial charge on any atom is 0.328 e. The van der Waals surface area contributed by atoms with Gasteiger partial charge in [0.25, 0.3) is 5.91 Å². The molecule has 1 amide bonds. The predicted octanol–water partition coefficient (Wildman–Crippen LogP) is 0.820. The Morgan fingerprint density at radius 3 is 2.00 bits per heavy atom. The minimum atomic E-state index is -0.604. The lowest BCUT2D eigenvalue weighted by Crippen LogP contribution is -2.46. The SMILES string of the molecule is COC(C)C(=O)N(C)C(C)C(=O)OC(C)C. The molecule has 0 aliphatic heterocycles. The van der Waals surface area contributed by atoms with Gasteiger partial charge in [-0.3, -0.25) is 4.79 Å². The quantitative estimate of drug-likeness (QED) is 0.657. The standard InChI is InChI=1S/C11H21NO4/c1-7(2)16-11(14)8(3)12(5)10(13)9(4)15-6/h7-9H,1-6H3. The van der Waals surface area contributed by atoms with Gasteiger partial charge in [-0.25, -0.2) is 4.79 Å². The van der Waals surface area contributed by atoms with E-state index in [1.165, 1.54) is 12.0 Å². The normalized spacial score (nSPS) is 14.4. The number of nitrogens with zero attached hydrogens (tertiary/aromatic N) is 1. The van der Waals surface area contributed by atoms with E-state index in [0.29, 0.717) is 0 Å². The fourth-order valence-corrected chi connectivity index (χ4v) is 1.07. The van der Waals surface area contributed by atoms with Crippen molar-refractivity contribution >= 4 is 11.9 Å². The number of amides is 1. The van der Waals surface area contributed by atoms with E-state index in [4.69, 9.17) is 9.47 Å². The number of ether oxygens (including phenoxy) is 2. The second-order valence-corrected chi connectivity index (χ2v) is 3.99. The largest absolute Gasteiger partial charge is 0.461 e. The molecular weight excluding hydrogens is 210 g/mol. The Kier molecular flexibility index (Phi) is 6.03. The molecule has 0 spiro atoms. The summed E-state index contributed by atoms with van der Waals surface area (Å²) in [5.74, 6) is -0.648. The zero-order chi connectivity index (χ0) is 12.9. The van der Waals surface area contributed by atoms with Gasteiger partial charge in [0.2, 0.25) is 0 Å². The summed E-state index contributed by atoms with van der Waals surface area (Å²) in [5, 5.41) is 0. The fourth-order valence-electron chi connectivity index (χ4n) is 1.07. The Morgan fingerprint density at radius 1 is 1.12 bits per heavy atom. The molecule has 2 unspecified atom stereocenters. The summed E-state index contributed by atoms with van der Waals surface area (Å²) >= 11 is 0. The van der Waals surface area contributed by atoms with Crippen LogP contribution in [0.3, 0.4) is 0 Å². The Hall–Kier alpha value is -1.10. The Morgan fingerprint density at radius 2 is 1.62 bits per heavy atom. The highest BCUT2D eigenvalue weighted by Crippen LogP contribution is 2.05. The van der Waals surface area contributed by atoms with Crippen molar-refractivity contribution in [2.45, 2.75) is 45.9 Å². The highest BCUT2D eigenvalue weighted by Gasteiger charge is 2.27. The Bertz CT molecular complexity index is 252. The number of hydrogen-bond donors (Lipinski definition) is 0. The van der Waals surface area contributed by atoms with E-state index in [1.807, 2.05) is 0 Å². The van der Waals surface area contributed by atoms with E-state index in [9.17, 15) is 9.59 Å². The number of rotatable bonds is 5. The molecule has 0 aliphatic rings. The molecule has 16 heavy (non-hydrogen) atoms. The first-order valence-electron chi connectivity index (χ1n) is 5.31. The van der Waals surface area contributed by atoms with Gasteiger partial charge in [0.1, 0.15) is 12.1 Å². The van der Waals surface area contributed by atoms with Crippen molar-refractivity contribution in [3.63, 3.8) is 0 Å². The molecule has 0 radical (unpaired) electrons. The Balaban J connectivity index is 4.43. The average molecular weight is 231 g/mol. The van der Waals surface area contributed by atoms with Crippen molar-refractivity contribution in [3.8, 4) is 0 Å². The van der Waals surface area contributed by atoms with Crippen molar-refractivity contribution in [2.75, 3.05) is 14.2 Å². The van der Waals surface area contributed by atoms with E-state index in [2.05, 4.69) is 0 Å². The van der Waals surface area contributed by atoms with Gasteiger partial charge >= 0.3 is 5.97 Å². The summed E-state index contributed by atoms with van der Waals surface area (Å²) in [4.78, 5) is 24.6. The first kappa shape index (κ1) is 14.9. The smallest absolute Gasteiger partial charge is 0.328 e. The van der Waals surface area contributed by atoms with Crippen LogP contribution in [0.4, 0.5) is 0 Å². The lowest BCUT2D eigenvalue weighted by Gasteiger charge is -2.26. The molecule has 0 aromatic carbocycles. The molecule has 0 rings (SSSR count). The fraction of sp³-hybridized carbons (Fsp3) is 0.818. The van der Waals surface area contributed by atoms with E-state index in [-0.39, 0.29) is 12.0 Å². The predicted molar refractivity (Wildman–Crippen MR) is 59.9 cm³/mol. The number of carbonyl (C=O) groups excluding carboxylic acids is 2. The summed E-state index contributed by atoms with van der Waals surface area (Å²) in [7, 11) is 3.01. The number of likely N-dealkylation sites (N-methyl/N-ethyl adjacent to an activating group) is 1. The third-order valence-electron chi connectivity index (χ3n) is 2.32. The van der Waals surface area contributed by atoms with Crippen LogP contribution >= 0.6 is 0 Å². The van der Waals surface area contributed by atoms with Crippen molar-refractivity contribution in [2.24, 2.45) is 0 Å². The molecule has 0 N–H and O–H groups in total. The molecule has 0 saturated carbocycles. The maximum absolute atomic E-state index is 11.7. The number of hydrogen-bond acceptors (Lipinski definition) is 4. The van der Waals surface area contributed by atoms with Gasteiger partial charge in [-0.05, 0) is 27.7 Å². The zero-order valence-electron chi connectivity index (χ0n) is 10.8. The summed E-state index contributed by atoms with van der Waals surface area (Å²) < 4.78 is 9.92. The minimum Gasteiger partial charge on any atom is -0.461 e. The van der Waals surface area contributed by atoms with Crippen LogP contribution in [0.25, 0.3) is 0 Å². The van der Waals surface area contributed by atoms with Gasteiger partial charge in [0.15, 0.2) is 0 Å². The van der Waals surface area contributed by atoms with Crippen LogP contribution in [-0.4, -0.2) is 49.2 Å². The topological polar surface area (TPSA) is 55.8 Å². The molecule has 0 saturated heterocycles. The molecule has 0 heterocycles. The first-order chi connectivity index (χ1) is 7.31. The van der Waals surface area contributed by atoms with Gasteiger partial charge in [0, 0.05) is 14.2 Å². The van der Waals surface area contributed by atoms with E-state index in [1.54, 1.807) is 34.7 Å². The third kappa shape index (κ3) is 4.18. The highest BCUT2D eigenvalue weighted by atomic mass is 16.5. The summed E-state index contributed by atoms with van der Waals surface area (Å²) in [6.45, 7) is 6.80. The van der Waals surface area contributed by atoms with E-state index < -0.39 is 18.1 Å². The molecule has 0 fully saturated rings. The van der Waals surface area contributed by atoms with Crippen LogP contribution in [0.2, 0.25) is 0 Å². The molecule has 0 aromatic rings. The van der Waals surface area contributed by atoms with Crippen molar-refractivity contribution in [1.29, 1.82) is 0 Å². The van der Waals surface area contributed by atoms with Crippen LogP contribution in [0.5, 0.6) is 0 Å². The molecule has 5 heteroatoms. The lowest BCUT2D eigenvalue weighted by molar-refractivity contribution is -0.159. The lowest BCUT2D eigenvalue weighted by atomic mass is 10.2. The monoisotopic (exact) mass is 231 g/mol. The molecule has 0 aliphatic carbocycles. The molecule has 5 nitrogen and oxygen atoms in total. The zero-order valence-corrected chi connectivity index (χ0v) is 10.8. The van der Waals surface area contributed by atoms with Crippen molar-refractivity contribution in [3.05, 3.63) is 0 Å². The molecule has 0 bridgehead atoms. The first-order valence-corrected chi connectivity index (χ1v) is 5.31. The summed E-state index contributed by atoms with van der Waals surface area (Å²) in [6.07, 6.45) is -0.738. The molecule has 94 valence electrons. The molecule has 0 aromatic heterocycles. The van der Waals surface area contributed by atoms with Crippen molar-refractivity contribution < 1.29 is 19.1 Å². The van der Waals surface area contributed by atoms with E-state index >= 15 is 0 Å². The van der Waals surface area contributed by atoms with Crippen LogP contribution < -0.4 is 0 Å². The van der Waals surface area contributed by atoms with Gasteiger partial charge in [-0.2, -0.15) is 0 Å². The number of methoxy groups -OCH3 is 1. The second-order valence-electron chi connectivity index (χ2n) is 3.99. The van der Waals surface area contributed by atoms with E-state index in [0.717, 1.165) is 0 Å². The van der Waals surface area contributed by atoms with Crippen LogP contribution in [0.1, 0.15) is 27.7 Å². The third-order valence-corrected chi connectivity index (χ3v) is 2.32. The van der Waals surface area contributed by atoms with Gasteiger partial charge < -0.3 is 14.4 Å². The molecular formula is C11H21NO4. The molecule has 2 atom stereocenters. The minimum absolute atomic E-state index is 0.182. The summed E-state index contributed by atoms with van der Waals surface area (Å²) in [5.41, 5.74) is 0. The summed E-state index contributed by atoms with van der Waals surface area (Å²) in [6, 6.07) is -0.604. The van der Waals surface area contributed by atoms with Gasteiger partial charge in [0.05, 0.1) is 6.10 Å². The van der Waals surface area contributed by atoms with Gasteiger partial charge in [-0.15, -0.1) is 0 Å². The average Bonchev–Trinajstić information content (AvgIpc) is 2.23. The second kappa shape index (κ2) is 6.48. The highest BCUT2D eigenvalue weighted by molar-refractivity contribution is 5.86. The van der Waals surface area contributed by atoms with Crippen LogP contribution in [0, 0.1) is 0 Å². The number of carbonyl (C=O) groups is 2. The number of esters is 1. The Labute approximate surface area is 96.7 Å². The maximum atomic E-state index is 11.7. The van der Waals surface area contributed by atoms with Gasteiger partial charge in [-0.1, -0.05) is 0 Å². The van der Waals surface area contributed by atoms with Crippen LogP contribution in [0.15, 0.2) is 0 Å². The van der Waals surface area contributed by atoms with Crippen molar-refractivity contribution in [1.82, 2.24) is 4.90 Å². The van der Waals surface area contributed by atoms with Crippen LogP contribution in [-0.2, 0) is 19.1 Å².